The van der Waals surface area contributed by atoms with Crippen LogP contribution in [0, 0.1) is 17.2 Å². The van der Waals surface area contributed by atoms with Gasteiger partial charge in [-0.3, -0.25) is 9.48 Å². The van der Waals surface area contributed by atoms with Crippen molar-refractivity contribution in [1.82, 2.24) is 15.1 Å². The number of halogens is 3. The van der Waals surface area contributed by atoms with E-state index in [0.29, 0.717) is 18.4 Å². The molecule has 2 N–H and O–H groups in total. The minimum Gasteiger partial charge on any atom is -0.394 e. The van der Waals surface area contributed by atoms with Gasteiger partial charge < -0.3 is 10.4 Å². The van der Waals surface area contributed by atoms with Crippen LogP contribution in [-0.2, 0) is 27.9 Å². The number of aliphatic hydroxyl groups excluding tert-OH is 1. The molecule has 196 valence electrons. The Morgan fingerprint density at radius 2 is 1.92 bits per heavy atom. The Morgan fingerprint density at radius 3 is 2.42 bits per heavy atom. The largest absolute Gasteiger partial charge is 0.417 e. The Hall–Kier alpha value is -2.91. The van der Waals surface area contributed by atoms with Crippen molar-refractivity contribution in [3.05, 3.63) is 36.2 Å². The topological polar surface area (TPSA) is 125 Å². The molecule has 8 nitrogen and oxygen atoms in total. The highest BCUT2D eigenvalue weighted by Crippen LogP contribution is 2.42. The Labute approximate surface area is 208 Å². The van der Waals surface area contributed by atoms with Gasteiger partial charge in [-0.2, -0.15) is 23.5 Å². The molecule has 2 aliphatic rings. The summed E-state index contributed by atoms with van der Waals surface area (Å²) < 4.78 is 69.3. The van der Waals surface area contributed by atoms with E-state index >= 15 is 0 Å². The summed E-state index contributed by atoms with van der Waals surface area (Å²) in [5.74, 6) is -1.06. The lowest BCUT2D eigenvalue weighted by Crippen LogP contribution is -2.39. The van der Waals surface area contributed by atoms with E-state index in [1.165, 1.54) is 23.1 Å². The van der Waals surface area contributed by atoms with Crippen LogP contribution in [0.25, 0.3) is 11.1 Å². The molecule has 2 aromatic rings. The molecule has 1 heterocycles. The van der Waals surface area contributed by atoms with Crippen LogP contribution in [0.15, 0.2) is 35.5 Å². The number of aliphatic hydroxyl groups is 1. The van der Waals surface area contributed by atoms with Crippen molar-refractivity contribution >= 4 is 15.7 Å². The highest BCUT2D eigenvalue weighted by atomic mass is 32.2. The highest BCUT2D eigenvalue weighted by molar-refractivity contribution is 7.92. The van der Waals surface area contributed by atoms with E-state index in [0.717, 1.165) is 12.1 Å². The van der Waals surface area contributed by atoms with Crippen LogP contribution in [0.5, 0.6) is 0 Å². The Bertz CT molecular complexity index is 1260. The molecule has 2 aliphatic carbocycles. The molecule has 0 aliphatic heterocycles. The Kier molecular flexibility index (Phi) is 7.86. The zero-order chi connectivity index (χ0) is 26.9. The molecule has 36 heavy (non-hydrogen) atoms. The summed E-state index contributed by atoms with van der Waals surface area (Å²) in [6, 6.07) is 5.19. The minimum atomic E-state index is -4.87. The fourth-order valence-electron chi connectivity index (χ4n) is 4.12. The predicted octanol–water partition coefficient (Wildman–Crippen LogP) is 3.61. The number of carbonyl (C=O) groups is 1. The fraction of sp³-hybridized carbons (Fsp3) is 0.542. The first-order valence-electron chi connectivity index (χ1n) is 11.5. The standard InChI is InChI=1S/C21H21F3N4O3S.C3H8O/c1-28-11-15(10-26-28)13-3-5-18(17(9-13)21(22,23)24)32(30,31)16-4-2-14(8-16)19(29)27-20(12-25)6-7-20;1-3(2)4/h3,5,9-11,14,16H,2,4,6-8H2,1H3,(H,27,29);3-4H,1-2H3/t14-,16-;/m1./s1. The van der Waals surface area contributed by atoms with Crippen molar-refractivity contribution in [2.45, 2.75) is 73.9 Å². The second kappa shape index (κ2) is 10.2. The number of nitriles is 1. The third-order valence-electron chi connectivity index (χ3n) is 6.15. The van der Waals surface area contributed by atoms with Crippen LogP contribution in [0.4, 0.5) is 13.2 Å². The number of carbonyl (C=O) groups excluding carboxylic acids is 1. The van der Waals surface area contributed by atoms with E-state index in [-0.39, 0.29) is 30.9 Å². The summed E-state index contributed by atoms with van der Waals surface area (Å²) in [6.07, 6.45) is -0.758. The number of amides is 1. The van der Waals surface area contributed by atoms with Crippen molar-refractivity contribution in [3.63, 3.8) is 0 Å². The van der Waals surface area contributed by atoms with Crippen LogP contribution in [0.1, 0.15) is 51.5 Å². The summed E-state index contributed by atoms with van der Waals surface area (Å²) in [6.45, 7) is 3.44. The lowest BCUT2D eigenvalue weighted by atomic mass is 10.1. The van der Waals surface area contributed by atoms with Gasteiger partial charge in [-0.1, -0.05) is 6.07 Å². The van der Waals surface area contributed by atoms with Crippen molar-refractivity contribution in [2.24, 2.45) is 13.0 Å². The van der Waals surface area contributed by atoms with Crippen molar-refractivity contribution < 1.29 is 31.5 Å². The third-order valence-corrected chi connectivity index (χ3v) is 8.43. The van der Waals surface area contributed by atoms with E-state index < -0.39 is 49.1 Å². The maximum absolute atomic E-state index is 13.8. The number of nitrogens with one attached hydrogen (secondary N) is 1. The molecule has 4 rings (SSSR count). The first kappa shape index (κ1) is 27.7. The molecule has 0 saturated heterocycles. The molecule has 12 heteroatoms. The number of sulfone groups is 1. The molecular formula is C24H29F3N4O4S. The summed E-state index contributed by atoms with van der Waals surface area (Å²) >= 11 is 0. The number of aryl methyl sites for hydroxylation is 1. The van der Waals surface area contributed by atoms with Gasteiger partial charge in [0.05, 0.1) is 28.0 Å². The molecule has 1 aromatic heterocycles. The van der Waals surface area contributed by atoms with E-state index in [2.05, 4.69) is 10.4 Å². The van der Waals surface area contributed by atoms with Crippen molar-refractivity contribution in [1.29, 1.82) is 5.26 Å². The summed E-state index contributed by atoms with van der Waals surface area (Å²) in [5.41, 5.74) is -1.46. The monoisotopic (exact) mass is 526 g/mol. The smallest absolute Gasteiger partial charge is 0.394 e. The van der Waals surface area contributed by atoms with Crippen LogP contribution in [-0.4, -0.2) is 46.1 Å². The van der Waals surface area contributed by atoms with E-state index in [4.69, 9.17) is 10.4 Å². The highest BCUT2D eigenvalue weighted by Gasteiger charge is 2.48. The number of rotatable bonds is 5. The molecule has 2 fully saturated rings. The van der Waals surface area contributed by atoms with Gasteiger partial charge in [-0.15, -0.1) is 0 Å². The molecular weight excluding hydrogens is 497 g/mol. The quantitative estimate of drug-likeness (QED) is 0.613. The minimum absolute atomic E-state index is 0.0721. The van der Waals surface area contributed by atoms with Gasteiger partial charge in [-0.05, 0) is 63.6 Å². The number of hydrogen-bond acceptors (Lipinski definition) is 6. The number of hydrogen-bond donors (Lipinski definition) is 2. The van der Waals surface area contributed by atoms with Gasteiger partial charge in [0.1, 0.15) is 5.54 Å². The first-order valence-corrected chi connectivity index (χ1v) is 13.1. The van der Waals surface area contributed by atoms with Gasteiger partial charge in [0.25, 0.3) is 0 Å². The van der Waals surface area contributed by atoms with Crippen LogP contribution in [0.2, 0.25) is 0 Å². The average molecular weight is 527 g/mol. The SMILES string of the molecule is CC(C)O.Cn1cc(-c2ccc(S(=O)(=O)[C@@H]3CC[C@@H](C(=O)NC4(C#N)CC4)C3)c(C(F)(F)F)c2)cn1. The van der Waals surface area contributed by atoms with Gasteiger partial charge in [0.15, 0.2) is 9.84 Å². The van der Waals surface area contributed by atoms with Crippen molar-refractivity contribution in [2.75, 3.05) is 0 Å². The van der Waals surface area contributed by atoms with E-state index in [1.807, 2.05) is 6.07 Å². The average Bonchev–Trinajstić information content (AvgIpc) is 3.17. The number of benzene rings is 1. The predicted molar refractivity (Wildman–Crippen MR) is 125 cm³/mol. The maximum atomic E-state index is 13.8. The van der Waals surface area contributed by atoms with Gasteiger partial charge in [0, 0.05) is 30.8 Å². The van der Waals surface area contributed by atoms with Gasteiger partial charge in [0.2, 0.25) is 5.91 Å². The van der Waals surface area contributed by atoms with E-state index in [9.17, 15) is 26.4 Å². The van der Waals surface area contributed by atoms with Gasteiger partial charge >= 0.3 is 6.18 Å². The molecule has 1 amide bonds. The van der Waals surface area contributed by atoms with E-state index in [1.54, 1.807) is 20.9 Å². The number of nitrogens with zero attached hydrogens (tertiary/aromatic N) is 3. The van der Waals surface area contributed by atoms with Crippen molar-refractivity contribution in [3.8, 4) is 17.2 Å². The van der Waals surface area contributed by atoms with Gasteiger partial charge in [-0.25, -0.2) is 8.42 Å². The second-order valence-corrected chi connectivity index (χ2v) is 11.8. The molecule has 2 atom stereocenters. The molecule has 0 unspecified atom stereocenters. The first-order chi connectivity index (χ1) is 16.7. The zero-order valence-corrected chi connectivity index (χ0v) is 21.0. The molecule has 0 spiro atoms. The Morgan fingerprint density at radius 1 is 1.28 bits per heavy atom. The second-order valence-electron chi connectivity index (χ2n) is 9.57. The third kappa shape index (κ3) is 6.25. The molecule has 1 aromatic carbocycles. The normalized spacial score (nSPS) is 20.9. The lowest BCUT2D eigenvalue weighted by Gasteiger charge is -2.18. The maximum Gasteiger partial charge on any atom is 0.417 e. The summed E-state index contributed by atoms with van der Waals surface area (Å²) in [7, 11) is -2.71. The molecule has 2 saturated carbocycles. The fourth-order valence-corrected chi connectivity index (χ4v) is 6.15. The molecule has 0 bridgehead atoms. The summed E-state index contributed by atoms with van der Waals surface area (Å²) in [4.78, 5) is 11.7. The number of aromatic nitrogens is 2. The zero-order valence-electron chi connectivity index (χ0n) is 20.2. The van der Waals surface area contributed by atoms with Crippen LogP contribution >= 0.6 is 0 Å². The van der Waals surface area contributed by atoms with Crippen LogP contribution < -0.4 is 5.32 Å². The molecule has 0 radical (unpaired) electrons. The Balaban J connectivity index is 0.000000840. The summed E-state index contributed by atoms with van der Waals surface area (Å²) in [5, 5.41) is 22.7. The number of alkyl halides is 3. The lowest BCUT2D eigenvalue weighted by molar-refractivity contribution is -0.139. The van der Waals surface area contributed by atoms with Crippen LogP contribution in [0.3, 0.4) is 0 Å².